The molecule has 12 atom stereocenters. The summed E-state index contributed by atoms with van der Waals surface area (Å²) in [5, 5.41) is 35.3. The summed E-state index contributed by atoms with van der Waals surface area (Å²) in [7, 11) is 7.46. The number of amides is 3. The summed E-state index contributed by atoms with van der Waals surface area (Å²) < 4.78 is 42.7. The summed E-state index contributed by atoms with van der Waals surface area (Å²) in [6, 6.07) is 26.7. The SMILES string of the molecule is CC(=O)O[C@H]1C(=O)[C@@]2(C)[C@H]([C@H](OC(=O)c3ccccc3)[C@]3(O)C[C@H](OC(=O)[C@@H](C(=O)c4ccccc4)[C@H](NC(=O)OCc4cc(=O)oc5cc(N(CC(=O)NCCN(C)C)C(C)C(=O)NCCN(C)C)ccc45)c4ccccc4)C(C)=C1C3(C)C)[C@]1(OC(C)=O)CO[C@@H]1C[C@@H]2O. The summed E-state index contributed by atoms with van der Waals surface area (Å²) in [6.45, 7) is 10.3. The number of aliphatic hydroxyl groups is 2. The van der Waals surface area contributed by atoms with Crippen molar-refractivity contribution in [1.29, 1.82) is 0 Å². The first-order valence-corrected chi connectivity index (χ1v) is 31.8. The van der Waals surface area contributed by atoms with Gasteiger partial charge in [-0.25, -0.2) is 14.4 Å². The zero-order valence-electron chi connectivity index (χ0n) is 55.7. The lowest BCUT2D eigenvalue weighted by atomic mass is 9.44. The highest BCUT2D eigenvalue weighted by molar-refractivity contribution is 6.09. The van der Waals surface area contributed by atoms with Crippen LogP contribution in [-0.4, -0.2) is 189 Å². The van der Waals surface area contributed by atoms with Crippen molar-refractivity contribution in [3.63, 3.8) is 0 Å². The van der Waals surface area contributed by atoms with E-state index < -0.39 is 137 Å². The predicted molar refractivity (Wildman–Crippen MR) is 348 cm³/mol. The van der Waals surface area contributed by atoms with Crippen LogP contribution in [0.4, 0.5) is 10.5 Å². The van der Waals surface area contributed by atoms with Crippen molar-refractivity contribution in [2.75, 3.05) is 72.4 Å². The molecule has 96 heavy (non-hydrogen) atoms. The van der Waals surface area contributed by atoms with Gasteiger partial charge in [0.2, 0.25) is 11.8 Å². The minimum absolute atomic E-state index is 0.000462. The molecule has 4 aliphatic rings. The van der Waals surface area contributed by atoms with E-state index in [9.17, 15) is 43.8 Å². The molecule has 5 aromatic rings. The lowest BCUT2D eigenvalue weighted by molar-refractivity contribution is -0.346. The van der Waals surface area contributed by atoms with E-state index in [0.717, 1.165) is 19.9 Å². The molecule has 2 heterocycles. The quantitative estimate of drug-likeness (QED) is 0.0135. The third kappa shape index (κ3) is 14.4. The van der Waals surface area contributed by atoms with Crippen LogP contribution in [-0.2, 0) is 63.8 Å². The third-order valence-corrected chi connectivity index (χ3v) is 19.2. The number of benzene rings is 4. The van der Waals surface area contributed by atoms with Gasteiger partial charge in [0.25, 0.3) is 0 Å². The molecule has 3 amide bonds. The summed E-state index contributed by atoms with van der Waals surface area (Å²) in [5.74, 6) is -10.3. The number of nitrogens with one attached hydrogen (secondary N) is 3. The van der Waals surface area contributed by atoms with Gasteiger partial charge in [0, 0.05) is 92.6 Å². The number of carbonyl (C=O) groups excluding carboxylic acids is 9. The molecule has 1 saturated heterocycles. The number of rotatable bonds is 24. The minimum atomic E-state index is -2.55. The molecule has 9 rings (SSSR count). The number of nitrogens with zero attached hydrogens (tertiary/aromatic N) is 3. The van der Waals surface area contributed by atoms with Gasteiger partial charge in [-0.3, -0.25) is 33.6 Å². The van der Waals surface area contributed by atoms with Gasteiger partial charge < -0.3 is 73.7 Å². The molecule has 5 N–H and O–H groups in total. The first-order valence-electron chi connectivity index (χ1n) is 31.8. The number of ketones is 2. The molecular weight excluding hydrogens is 1240 g/mol. The molecule has 0 radical (unpaired) electrons. The van der Waals surface area contributed by atoms with Crippen LogP contribution in [0.5, 0.6) is 0 Å². The van der Waals surface area contributed by atoms with Crippen LogP contribution >= 0.6 is 0 Å². The fraction of sp³-hybridized carbons (Fsp3) is 0.465. The molecule has 2 saturated carbocycles. The molecule has 512 valence electrons. The zero-order chi connectivity index (χ0) is 69.8. The first kappa shape index (κ1) is 71.2. The van der Waals surface area contributed by atoms with E-state index in [2.05, 4.69) is 16.0 Å². The van der Waals surface area contributed by atoms with Crippen LogP contribution in [0, 0.1) is 22.7 Å². The molecule has 2 bridgehead atoms. The van der Waals surface area contributed by atoms with Gasteiger partial charge in [-0.15, -0.1) is 0 Å². The van der Waals surface area contributed by atoms with E-state index in [-0.39, 0.29) is 70.4 Å². The number of alkyl carbamates (subject to hydrolysis) is 1. The van der Waals surface area contributed by atoms with Gasteiger partial charge in [-0.05, 0) is 89.9 Å². The maximum absolute atomic E-state index is 16.0. The number of carbonyl (C=O) groups is 9. The standard InChI is InChI=1S/C71H84N6O19/c1-40-51(36-71(89)63(95-65(86)46-25-19-14-20-26-46)61-69(7,52(80)35-53-70(61,39-91-53)96-43(4)79)62(84)60(92-42(3)78)57(40)68(71,5)6)94-66(87)56(59(83)45-23-17-13-18-24-45)58(44-21-15-12-16-22-44)74-67(88)90-38-47-33-55(82)93-50-34-48(27-28-49(47)50)77(37-54(81)72-29-31-75(8)9)41(2)64(85)73-30-32-76(10)11/h12-28,33-34,41,51-53,56,58,60-61,63,80,89H,29-32,35-39H2,1-11H3,(H,72,81)(H,73,85)(H,74,88)/t41?,51-,52-,53+,56+,58+,60+,61-,63-,69+,70-,71+/m0/s1. The Kier molecular flexibility index (Phi) is 21.5. The molecule has 1 aromatic heterocycles. The van der Waals surface area contributed by atoms with Gasteiger partial charge >= 0.3 is 35.6 Å². The average molecular weight is 1330 g/mol. The number of hydrogen-bond acceptors (Lipinski definition) is 22. The first-order chi connectivity index (χ1) is 45.4. The van der Waals surface area contributed by atoms with E-state index in [1.165, 1.54) is 58.0 Å². The Morgan fingerprint density at radius 1 is 0.760 bits per heavy atom. The summed E-state index contributed by atoms with van der Waals surface area (Å²) in [6.07, 6.45) is -10.5. The van der Waals surface area contributed by atoms with Crippen molar-refractivity contribution < 1.29 is 86.2 Å². The second-order valence-corrected chi connectivity index (χ2v) is 26.3. The second kappa shape index (κ2) is 29.1. The van der Waals surface area contributed by atoms with Crippen LogP contribution in [0.1, 0.15) is 99.2 Å². The van der Waals surface area contributed by atoms with Crippen molar-refractivity contribution in [1.82, 2.24) is 25.8 Å². The number of Topliss-reactive ketones (excluding diaryl/α,β-unsaturated/α-hetero) is 2. The van der Waals surface area contributed by atoms with Crippen molar-refractivity contribution in [2.24, 2.45) is 22.7 Å². The minimum Gasteiger partial charge on any atom is -0.457 e. The Morgan fingerprint density at radius 3 is 1.97 bits per heavy atom. The Hall–Kier alpha value is -9.14. The monoisotopic (exact) mass is 1320 g/mol. The molecular formula is C71H84N6O19. The van der Waals surface area contributed by atoms with Gasteiger partial charge in [-0.1, -0.05) is 92.7 Å². The molecule has 0 spiro atoms. The largest absolute Gasteiger partial charge is 0.457 e. The Bertz CT molecular complexity index is 3860. The van der Waals surface area contributed by atoms with Crippen molar-refractivity contribution in [3.8, 4) is 0 Å². The average Bonchev–Trinajstić information content (AvgIpc) is 0.669. The van der Waals surface area contributed by atoms with Crippen LogP contribution in [0.25, 0.3) is 11.0 Å². The number of aliphatic hydroxyl groups excluding tert-OH is 1. The second-order valence-electron chi connectivity index (χ2n) is 26.3. The molecule has 1 aliphatic heterocycles. The van der Waals surface area contributed by atoms with Gasteiger partial charge in [0.15, 0.2) is 23.3 Å². The van der Waals surface area contributed by atoms with Gasteiger partial charge in [0.05, 0.1) is 42.2 Å². The number of ether oxygens (including phenoxy) is 6. The van der Waals surface area contributed by atoms with E-state index >= 15 is 14.4 Å². The maximum Gasteiger partial charge on any atom is 0.407 e. The fourth-order valence-electron chi connectivity index (χ4n) is 14.0. The van der Waals surface area contributed by atoms with Crippen molar-refractivity contribution in [2.45, 2.75) is 122 Å². The molecule has 3 aliphatic carbocycles. The van der Waals surface area contributed by atoms with E-state index in [1.807, 2.05) is 38.0 Å². The van der Waals surface area contributed by atoms with E-state index in [1.54, 1.807) is 90.7 Å². The number of hydrogen-bond donors (Lipinski definition) is 5. The van der Waals surface area contributed by atoms with E-state index in [0.29, 0.717) is 37.3 Å². The van der Waals surface area contributed by atoms with Crippen LogP contribution in [0.3, 0.4) is 0 Å². The highest BCUT2D eigenvalue weighted by atomic mass is 16.6. The van der Waals surface area contributed by atoms with Gasteiger partial charge in [0.1, 0.15) is 48.1 Å². The zero-order valence-corrected chi connectivity index (χ0v) is 55.7. The van der Waals surface area contributed by atoms with Crippen LogP contribution < -0.4 is 26.5 Å². The summed E-state index contributed by atoms with van der Waals surface area (Å²) >= 11 is 0. The van der Waals surface area contributed by atoms with Crippen LogP contribution in [0.2, 0.25) is 0 Å². The summed E-state index contributed by atoms with van der Waals surface area (Å²) in [4.78, 5) is 149. The fourth-order valence-corrected chi connectivity index (χ4v) is 14.0. The van der Waals surface area contributed by atoms with Crippen LogP contribution in [0.15, 0.2) is 136 Å². The van der Waals surface area contributed by atoms with Crippen molar-refractivity contribution in [3.05, 3.63) is 159 Å². The normalized spacial score (nSPS) is 25.0. The molecule has 4 aromatic carbocycles. The molecule has 25 nitrogen and oxygen atoms in total. The highest BCUT2D eigenvalue weighted by Gasteiger charge is 2.78. The van der Waals surface area contributed by atoms with Gasteiger partial charge in [-0.2, -0.15) is 0 Å². The molecule has 1 unspecified atom stereocenters. The number of likely N-dealkylation sites (N-methyl/N-ethyl adjacent to an activating group) is 2. The third-order valence-electron chi connectivity index (χ3n) is 19.2. The topological polar surface area (TPSA) is 325 Å². The molecule has 25 heteroatoms. The smallest absolute Gasteiger partial charge is 0.407 e. The Labute approximate surface area is 555 Å². The summed E-state index contributed by atoms with van der Waals surface area (Å²) in [5.41, 5.74) is -8.49. The lowest BCUT2D eigenvalue weighted by Crippen LogP contribution is -2.82. The lowest BCUT2D eigenvalue weighted by Gasteiger charge is -2.67. The van der Waals surface area contributed by atoms with Crippen molar-refractivity contribution >= 4 is 70.0 Å². The number of esters is 4. The number of fused-ring (bicyclic) bond motifs is 6. The molecule has 3 fully saturated rings. The predicted octanol–water partition coefficient (Wildman–Crippen LogP) is 5.03. The maximum atomic E-state index is 16.0. The Morgan fingerprint density at radius 2 is 1.38 bits per heavy atom. The number of anilines is 1. The Balaban J connectivity index is 1.09. The van der Waals surface area contributed by atoms with E-state index in [4.69, 9.17) is 32.8 Å². The highest BCUT2D eigenvalue weighted by Crippen LogP contribution is 2.64.